The van der Waals surface area contributed by atoms with Gasteiger partial charge in [-0.05, 0) is 12.8 Å². The number of hydrogen-bond acceptors (Lipinski definition) is 7. The lowest BCUT2D eigenvalue weighted by atomic mass is 10.1. The van der Waals surface area contributed by atoms with E-state index in [9.17, 15) is 9.59 Å². The fourth-order valence-corrected chi connectivity index (χ4v) is 3.24. The molecule has 0 fully saturated rings. The number of esters is 2. The molecule has 0 N–H and O–H groups in total. The molecule has 0 aliphatic carbocycles. The highest BCUT2D eigenvalue weighted by molar-refractivity contribution is 7.15. The first-order valence-electron chi connectivity index (χ1n) is 10.4. The van der Waals surface area contributed by atoms with Crippen LogP contribution in [0.25, 0.3) is 0 Å². The molecular weight excluding hydrogens is 364 g/mol. The maximum absolute atomic E-state index is 11.9. The monoisotopic (exact) mass is 398 g/mol. The van der Waals surface area contributed by atoms with Crippen molar-refractivity contribution in [3.8, 4) is 0 Å². The van der Waals surface area contributed by atoms with Crippen molar-refractivity contribution in [2.24, 2.45) is 0 Å². The van der Waals surface area contributed by atoms with Gasteiger partial charge in [-0.2, -0.15) is 0 Å². The van der Waals surface area contributed by atoms with Crippen LogP contribution in [0.4, 0.5) is 0 Å². The molecule has 0 aromatic carbocycles. The Hall–Kier alpha value is -1.50. The second-order valence-electron chi connectivity index (χ2n) is 6.72. The molecule has 0 unspecified atom stereocenters. The minimum Gasteiger partial charge on any atom is -0.460 e. The molecular formula is C20H34N2O4S. The van der Waals surface area contributed by atoms with Gasteiger partial charge in [-0.1, -0.05) is 89.4 Å². The van der Waals surface area contributed by atoms with Gasteiger partial charge in [0.15, 0.2) is 0 Å². The lowest BCUT2D eigenvalue weighted by molar-refractivity contribution is 0.0485. The zero-order chi connectivity index (χ0) is 19.7. The van der Waals surface area contributed by atoms with Crippen LogP contribution in [0, 0.1) is 0 Å². The summed E-state index contributed by atoms with van der Waals surface area (Å²) < 4.78 is 10.4. The molecule has 0 saturated carbocycles. The third-order valence-electron chi connectivity index (χ3n) is 4.24. The molecule has 0 radical (unpaired) electrons. The summed E-state index contributed by atoms with van der Waals surface area (Å²) >= 11 is 0.928. The first-order valence-corrected chi connectivity index (χ1v) is 11.2. The Morgan fingerprint density at radius 1 is 0.667 bits per heavy atom. The van der Waals surface area contributed by atoms with E-state index in [1.165, 1.54) is 51.4 Å². The molecule has 1 aromatic heterocycles. The molecule has 0 atom stereocenters. The molecule has 6 nitrogen and oxygen atoms in total. The zero-order valence-electron chi connectivity index (χ0n) is 16.8. The van der Waals surface area contributed by atoms with Crippen LogP contribution in [0.1, 0.15) is 111 Å². The van der Waals surface area contributed by atoms with Crippen LogP contribution in [0.5, 0.6) is 0 Å². The lowest BCUT2D eigenvalue weighted by Crippen LogP contribution is -2.06. The first-order chi connectivity index (χ1) is 13.2. The first kappa shape index (κ1) is 23.5. The van der Waals surface area contributed by atoms with Crippen LogP contribution >= 0.6 is 11.3 Å². The van der Waals surface area contributed by atoms with Crippen molar-refractivity contribution in [3.63, 3.8) is 0 Å². The molecule has 0 bridgehead atoms. The summed E-state index contributed by atoms with van der Waals surface area (Å²) in [5.41, 5.74) is 0. The highest BCUT2D eigenvalue weighted by Crippen LogP contribution is 2.13. The molecule has 1 rings (SSSR count). The topological polar surface area (TPSA) is 78.4 Å². The third kappa shape index (κ3) is 11.1. The van der Waals surface area contributed by atoms with E-state index in [-0.39, 0.29) is 10.0 Å². The van der Waals surface area contributed by atoms with Crippen molar-refractivity contribution in [1.29, 1.82) is 0 Å². The van der Waals surface area contributed by atoms with Gasteiger partial charge in [-0.3, -0.25) is 0 Å². The van der Waals surface area contributed by atoms with E-state index in [1.807, 2.05) is 0 Å². The average molecular weight is 399 g/mol. The van der Waals surface area contributed by atoms with Crippen LogP contribution in [0.2, 0.25) is 0 Å². The normalized spacial score (nSPS) is 10.7. The van der Waals surface area contributed by atoms with Gasteiger partial charge >= 0.3 is 11.9 Å². The number of nitrogens with zero attached hydrogens (tertiary/aromatic N) is 2. The van der Waals surface area contributed by atoms with Crippen molar-refractivity contribution < 1.29 is 19.1 Å². The summed E-state index contributed by atoms with van der Waals surface area (Å²) in [7, 11) is 0. The van der Waals surface area contributed by atoms with E-state index >= 15 is 0 Å². The number of unbranched alkanes of at least 4 members (excludes halogenated alkanes) is 10. The molecule has 27 heavy (non-hydrogen) atoms. The highest BCUT2D eigenvalue weighted by Gasteiger charge is 2.19. The van der Waals surface area contributed by atoms with Crippen LogP contribution in [-0.2, 0) is 9.47 Å². The average Bonchev–Trinajstić information content (AvgIpc) is 3.16. The Kier molecular flexibility index (Phi) is 13.6. The van der Waals surface area contributed by atoms with Gasteiger partial charge in [0.2, 0.25) is 10.0 Å². The van der Waals surface area contributed by atoms with Crippen molar-refractivity contribution in [3.05, 3.63) is 10.0 Å². The van der Waals surface area contributed by atoms with Gasteiger partial charge in [-0.15, -0.1) is 10.2 Å². The summed E-state index contributed by atoms with van der Waals surface area (Å²) in [4.78, 5) is 23.9. The van der Waals surface area contributed by atoms with Gasteiger partial charge in [0.05, 0.1) is 13.2 Å². The number of hydrogen-bond donors (Lipinski definition) is 0. The summed E-state index contributed by atoms with van der Waals surface area (Å²) in [5.74, 6) is -1.04. The molecule has 0 amide bonds. The van der Waals surface area contributed by atoms with E-state index in [4.69, 9.17) is 9.47 Å². The number of carbonyl (C=O) groups excluding carboxylic acids is 2. The molecule has 7 heteroatoms. The molecule has 0 aliphatic heterocycles. The van der Waals surface area contributed by atoms with E-state index in [2.05, 4.69) is 24.0 Å². The molecule has 1 heterocycles. The molecule has 154 valence electrons. The maximum atomic E-state index is 11.9. The van der Waals surface area contributed by atoms with Crippen LogP contribution in [-0.4, -0.2) is 35.3 Å². The molecule has 1 aromatic rings. The number of rotatable bonds is 16. The number of ether oxygens (including phenoxy) is 2. The summed E-state index contributed by atoms with van der Waals surface area (Å²) in [5, 5.41) is 7.70. The van der Waals surface area contributed by atoms with Gasteiger partial charge in [0.25, 0.3) is 0 Å². The fourth-order valence-electron chi connectivity index (χ4n) is 2.61. The van der Waals surface area contributed by atoms with Crippen LogP contribution in [0.15, 0.2) is 0 Å². The fraction of sp³-hybridized carbons (Fsp3) is 0.800. The van der Waals surface area contributed by atoms with Crippen molar-refractivity contribution in [1.82, 2.24) is 10.2 Å². The Morgan fingerprint density at radius 3 is 1.44 bits per heavy atom. The predicted molar refractivity (Wildman–Crippen MR) is 107 cm³/mol. The van der Waals surface area contributed by atoms with Gasteiger partial charge in [-0.25, -0.2) is 9.59 Å². The van der Waals surface area contributed by atoms with E-state index in [0.717, 1.165) is 37.0 Å². The Morgan fingerprint density at radius 2 is 1.04 bits per heavy atom. The molecule has 0 aliphatic rings. The van der Waals surface area contributed by atoms with Crippen molar-refractivity contribution in [2.75, 3.05) is 13.2 Å². The van der Waals surface area contributed by atoms with Crippen molar-refractivity contribution in [2.45, 2.75) is 90.9 Å². The Labute approximate surface area is 167 Å². The maximum Gasteiger partial charge on any atom is 0.369 e. The molecule has 0 saturated heterocycles. The van der Waals surface area contributed by atoms with E-state index in [1.54, 1.807) is 0 Å². The minimum absolute atomic E-state index is 0.104. The SMILES string of the molecule is CCCCCCCCOC(=O)c1nnc(C(=O)OCCCCCCCC)s1. The second kappa shape index (κ2) is 15.5. The molecule has 0 spiro atoms. The number of aromatic nitrogens is 2. The highest BCUT2D eigenvalue weighted by atomic mass is 32.1. The quantitative estimate of drug-likeness (QED) is 0.267. The zero-order valence-corrected chi connectivity index (χ0v) is 17.7. The summed E-state index contributed by atoms with van der Waals surface area (Å²) in [6.07, 6.45) is 13.5. The summed E-state index contributed by atoms with van der Waals surface area (Å²) in [6.45, 7) is 5.12. The van der Waals surface area contributed by atoms with Gasteiger partial charge < -0.3 is 9.47 Å². The smallest absolute Gasteiger partial charge is 0.369 e. The second-order valence-corrected chi connectivity index (χ2v) is 7.70. The van der Waals surface area contributed by atoms with E-state index < -0.39 is 11.9 Å². The van der Waals surface area contributed by atoms with E-state index in [0.29, 0.717) is 13.2 Å². The standard InChI is InChI=1S/C20H34N2O4S/c1-3-5-7-9-11-13-15-25-19(23)17-21-22-18(27-17)20(24)26-16-14-12-10-8-6-4-2/h3-16H2,1-2H3. The van der Waals surface area contributed by atoms with Crippen LogP contribution in [0.3, 0.4) is 0 Å². The van der Waals surface area contributed by atoms with Gasteiger partial charge in [0, 0.05) is 0 Å². The van der Waals surface area contributed by atoms with Crippen LogP contribution < -0.4 is 0 Å². The largest absolute Gasteiger partial charge is 0.460 e. The Balaban J connectivity index is 2.17. The summed E-state index contributed by atoms with van der Waals surface area (Å²) in [6, 6.07) is 0. The third-order valence-corrected chi connectivity index (χ3v) is 5.12. The predicted octanol–water partition coefficient (Wildman–Crippen LogP) is 5.57. The number of carbonyl (C=O) groups is 2. The minimum atomic E-state index is -0.518. The lowest BCUT2D eigenvalue weighted by Gasteiger charge is -2.03. The van der Waals surface area contributed by atoms with Gasteiger partial charge in [0.1, 0.15) is 0 Å². The van der Waals surface area contributed by atoms with Crippen molar-refractivity contribution >= 4 is 23.3 Å². The Bertz CT molecular complexity index is 489.